The van der Waals surface area contributed by atoms with Gasteiger partial charge in [-0.05, 0) is 80.9 Å². The number of hydrogen-bond donors (Lipinski definition) is 3. The van der Waals surface area contributed by atoms with Gasteiger partial charge in [0.05, 0.1) is 29.0 Å². The lowest BCUT2D eigenvalue weighted by molar-refractivity contribution is 0.0993. The number of nitrogens with one attached hydrogen (secondary N) is 3. The lowest BCUT2D eigenvalue weighted by Crippen LogP contribution is -2.23. The number of nitrogens with zero attached hydrogens (tertiary/aromatic N) is 4. The lowest BCUT2D eigenvalue weighted by Gasteiger charge is -2.17. The van der Waals surface area contributed by atoms with Crippen molar-refractivity contribution in [2.75, 3.05) is 11.9 Å². The molecule has 3 N–H and O–H groups in total. The van der Waals surface area contributed by atoms with Gasteiger partial charge >= 0.3 is 0 Å². The van der Waals surface area contributed by atoms with Gasteiger partial charge < -0.3 is 15.2 Å². The minimum atomic E-state index is -0.538. The molecule has 2 aromatic heterocycles. The molecule has 5 rings (SSSR count). The molecule has 2 aromatic carbocycles. The van der Waals surface area contributed by atoms with Crippen molar-refractivity contribution in [2.45, 2.75) is 34.2 Å². The van der Waals surface area contributed by atoms with E-state index >= 15 is 4.39 Å². The largest absolute Gasteiger partial charge is 0.392 e. The monoisotopic (exact) mass is 561 g/mol. The number of anilines is 1. The van der Waals surface area contributed by atoms with Crippen molar-refractivity contribution < 1.29 is 9.18 Å². The number of aromatic nitrogens is 2. The Balaban J connectivity index is 1.55. The standard InChI is InChI=1S/C33H32FN7O/c1-18(15-38-29(35)14-19(2)36-5)31(37-6)25-16-39-32-24(25)8-7-9-28(32)41-17-26-23(10-11-27(34)30(26)33(41)42)22-12-20(3)40-21(4)13-22/h7-16,35-36,39H,6,17H2,1-5H3/b19-14-,31-18-,35-29?,38-15?. The Morgan fingerprint density at radius 3 is 2.62 bits per heavy atom. The summed E-state index contributed by atoms with van der Waals surface area (Å²) in [4.78, 5) is 31.6. The maximum atomic E-state index is 15.1. The number of rotatable bonds is 7. The van der Waals surface area contributed by atoms with Crippen molar-refractivity contribution >= 4 is 47.0 Å². The summed E-state index contributed by atoms with van der Waals surface area (Å²) in [6, 6.07) is 12.6. The van der Waals surface area contributed by atoms with E-state index in [1.165, 1.54) is 6.07 Å². The molecule has 3 heterocycles. The van der Waals surface area contributed by atoms with E-state index in [1.54, 1.807) is 30.3 Å². The molecule has 0 fully saturated rings. The number of halogens is 1. The number of allylic oxidation sites excluding steroid dienone is 2. The first kappa shape index (κ1) is 28.4. The molecule has 4 aromatic rings. The van der Waals surface area contributed by atoms with Crippen LogP contribution < -0.4 is 10.2 Å². The van der Waals surface area contributed by atoms with Gasteiger partial charge in [-0.2, -0.15) is 0 Å². The van der Waals surface area contributed by atoms with Crippen molar-refractivity contribution in [3.8, 4) is 11.1 Å². The first-order valence-corrected chi connectivity index (χ1v) is 13.5. The maximum absolute atomic E-state index is 15.1. The van der Waals surface area contributed by atoms with E-state index in [0.717, 1.165) is 50.3 Å². The highest BCUT2D eigenvalue weighted by molar-refractivity contribution is 6.15. The van der Waals surface area contributed by atoms with Crippen LogP contribution in [0.5, 0.6) is 0 Å². The van der Waals surface area contributed by atoms with E-state index < -0.39 is 5.82 Å². The third-order valence-corrected chi connectivity index (χ3v) is 7.35. The number of H-pyrrole nitrogens is 1. The van der Waals surface area contributed by atoms with Crippen LogP contribution in [0.1, 0.15) is 46.7 Å². The number of hydrogen-bond acceptors (Lipinski definition) is 5. The second-order valence-electron chi connectivity index (χ2n) is 10.3. The summed E-state index contributed by atoms with van der Waals surface area (Å²) < 4.78 is 15.1. The van der Waals surface area contributed by atoms with Crippen molar-refractivity contribution in [3.63, 3.8) is 0 Å². The molecule has 0 radical (unpaired) electrons. The van der Waals surface area contributed by atoms with E-state index in [2.05, 4.69) is 32.0 Å². The Morgan fingerprint density at radius 1 is 1.19 bits per heavy atom. The number of amidine groups is 1. The number of benzene rings is 2. The second-order valence-corrected chi connectivity index (χ2v) is 10.3. The highest BCUT2D eigenvalue weighted by Crippen LogP contribution is 2.40. The number of aromatic amines is 1. The summed E-state index contributed by atoms with van der Waals surface area (Å²) in [5, 5.41) is 11.9. The van der Waals surface area contributed by atoms with Gasteiger partial charge in [0.25, 0.3) is 5.91 Å². The molecule has 0 spiro atoms. The predicted octanol–water partition coefficient (Wildman–Crippen LogP) is 6.75. The van der Waals surface area contributed by atoms with Gasteiger partial charge in [0.15, 0.2) is 0 Å². The summed E-state index contributed by atoms with van der Waals surface area (Å²) in [7, 11) is 1.78. The number of amides is 1. The van der Waals surface area contributed by atoms with Crippen LogP contribution in [0.25, 0.3) is 27.7 Å². The number of para-hydroxylation sites is 1. The third-order valence-electron chi connectivity index (χ3n) is 7.35. The lowest BCUT2D eigenvalue weighted by atomic mass is 9.96. The Morgan fingerprint density at radius 2 is 1.93 bits per heavy atom. The number of pyridine rings is 1. The summed E-state index contributed by atoms with van der Waals surface area (Å²) in [5.41, 5.74) is 8.44. The smallest absolute Gasteiger partial charge is 0.262 e. The number of aliphatic imine (C=N–C) groups is 2. The van der Waals surface area contributed by atoms with Crippen LogP contribution in [-0.2, 0) is 6.54 Å². The first-order valence-electron chi connectivity index (χ1n) is 13.5. The Hall–Kier alpha value is -5.18. The molecule has 212 valence electrons. The molecule has 8 nitrogen and oxygen atoms in total. The molecule has 9 heteroatoms. The zero-order valence-corrected chi connectivity index (χ0v) is 24.3. The number of carbonyl (C=O) groups excluding carboxylic acids is 1. The molecular weight excluding hydrogens is 529 g/mol. The average Bonchev–Trinajstić information content (AvgIpc) is 3.54. The minimum Gasteiger partial charge on any atom is -0.392 e. The molecule has 42 heavy (non-hydrogen) atoms. The molecule has 1 aliphatic rings. The Labute approximate surface area is 243 Å². The van der Waals surface area contributed by atoms with Crippen LogP contribution in [0.3, 0.4) is 0 Å². The fraction of sp³-hybridized carbons (Fsp3) is 0.182. The second kappa shape index (κ2) is 11.4. The quantitative estimate of drug-likeness (QED) is 0.171. The zero-order chi connectivity index (χ0) is 30.1. The van der Waals surface area contributed by atoms with Crippen molar-refractivity contribution in [3.05, 3.63) is 99.9 Å². The molecule has 1 amide bonds. The van der Waals surface area contributed by atoms with E-state index in [1.807, 2.05) is 64.2 Å². The zero-order valence-electron chi connectivity index (χ0n) is 24.3. The molecule has 0 bridgehead atoms. The first-order chi connectivity index (χ1) is 20.1. The van der Waals surface area contributed by atoms with E-state index in [0.29, 0.717) is 16.9 Å². The van der Waals surface area contributed by atoms with Gasteiger partial charge in [0.1, 0.15) is 11.7 Å². The minimum absolute atomic E-state index is 0.0915. The van der Waals surface area contributed by atoms with Gasteiger partial charge in [-0.3, -0.25) is 20.2 Å². The Kier molecular flexibility index (Phi) is 7.67. The van der Waals surface area contributed by atoms with E-state index in [9.17, 15) is 4.79 Å². The number of carbonyl (C=O) groups is 1. The van der Waals surface area contributed by atoms with Crippen LogP contribution >= 0.6 is 0 Å². The Bertz CT molecular complexity index is 1840. The van der Waals surface area contributed by atoms with Crippen molar-refractivity contribution in [2.24, 2.45) is 9.98 Å². The molecule has 0 atom stereocenters. The highest BCUT2D eigenvalue weighted by atomic mass is 19.1. The molecular formula is C33H32FN7O. The summed E-state index contributed by atoms with van der Waals surface area (Å²) >= 11 is 0. The van der Waals surface area contributed by atoms with Gasteiger partial charge in [-0.15, -0.1) is 0 Å². The van der Waals surface area contributed by atoms with Gasteiger partial charge in [-0.1, -0.05) is 18.2 Å². The molecule has 0 aliphatic carbocycles. The van der Waals surface area contributed by atoms with E-state index in [-0.39, 0.29) is 23.9 Å². The van der Waals surface area contributed by atoms with Crippen LogP contribution in [-0.4, -0.2) is 41.7 Å². The van der Waals surface area contributed by atoms with Gasteiger partial charge in [0.2, 0.25) is 0 Å². The fourth-order valence-corrected chi connectivity index (χ4v) is 5.36. The van der Waals surface area contributed by atoms with E-state index in [4.69, 9.17) is 5.41 Å². The van der Waals surface area contributed by atoms with Gasteiger partial charge in [-0.25, -0.2) is 9.38 Å². The van der Waals surface area contributed by atoms with Crippen molar-refractivity contribution in [1.29, 1.82) is 5.41 Å². The maximum Gasteiger partial charge on any atom is 0.262 e. The fourth-order valence-electron chi connectivity index (χ4n) is 5.36. The van der Waals surface area contributed by atoms with Crippen LogP contribution in [0.15, 0.2) is 76.0 Å². The third kappa shape index (κ3) is 5.16. The van der Waals surface area contributed by atoms with Crippen LogP contribution in [0.4, 0.5) is 10.1 Å². The van der Waals surface area contributed by atoms with Crippen LogP contribution in [0.2, 0.25) is 0 Å². The molecule has 0 saturated carbocycles. The van der Waals surface area contributed by atoms with Crippen molar-refractivity contribution in [1.82, 2.24) is 15.3 Å². The molecule has 0 unspecified atom stereocenters. The summed E-state index contributed by atoms with van der Waals surface area (Å²) in [6.45, 7) is 11.5. The normalized spacial score (nSPS) is 14.0. The molecule has 1 aliphatic heterocycles. The average molecular weight is 562 g/mol. The van der Waals surface area contributed by atoms with Gasteiger partial charge in [0, 0.05) is 53.6 Å². The number of aryl methyl sites for hydroxylation is 2. The van der Waals surface area contributed by atoms with Crippen LogP contribution in [0, 0.1) is 25.1 Å². The summed E-state index contributed by atoms with van der Waals surface area (Å²) in [5.74, 6) is -0.828. The topological polar surface area (TPSA) is 110 Å². The predicted molar refractivity (Wildman–Crippen MR) is 169 cm³/mol. The summed E-state index contributed by atoms with van der Waals surface area (Å²) in [6.07, 6.45) is 5.02. The highest BCUT2D eigenvalue weighted by Gasteiger charge is 2.35. The molecule has 0 saturated heterocycles. The SMILES string of the molecule is C=N/C(=C(/C)C=NC(=N)/C=C(/C)NC)c1c[nH]c2c(N3Cc4c(-c5cc(C)nc(C)c5)ccc(F)c4C3=O)cccc12. The number of fused-ring (bicyclic) bond motifs is 2.